The Morgan fingerprint density at radius 3 is 2.70 bits per heavy atom. The van der Waals surface area contributed by atoms with E-state index in [1.165, 1.54) is 4.90 Å². The van der Waals surface area contributed by atoms with E-state index < -0.39 is 17.6 Å². The van der Waals surface area contributed by atoms with Gasteiger partial charge >= 0.3 is 0 Å². The summed E-state index contributed by atoms with van der Waals surface area (Å²) >= 11 is 0. The number of primary amides is 1. The smallest absolute Gasteiger partial charge is 0.254 e. The summed E-state index contributed by atoms with van der Waals surface area (Å²) in [5.41, 5.74) is 5.46. The molecule has 1 aromatic carbocycles. The minimum Gasteiger partial charge on any atom is -0.386 e. The molecule has 1 heterocycles. The fraction of sp³-hybridized carbons (Fsp3) is 0.467. The summed E-state index contributed by atoms with van der Waals surface area (Å²) in [5.74, 6) is -0.674. The summed E-state index contributed by atoms with van der Waals surface area (Å²) in [6.45, 7) is 3.87. The standard InChI is InChI=1S/C15H20N2O3/c1-15(2,20)11-6-3-5-10(9-11)14(19)17-8-4-7-12(17)13(16)18/h3,5-6,9,12,20H,4,7-8H2,1-2H3,(H2,16,18)/t12-/m1/s1. The Bertz CT molecular complexity index is 534. The van der Waals surface area contributed by atoms with E-state index in [0.717, 1.165) is 6.42 Å². The zero-order chi connectivity index (χ0) is 14.9. The predicted molar refractivity (Wildman–Crippen MR) is 74.9 cm³/mol. The van der Waals surface area contributed by atoms with Gasteiger partial charge in [-0.15, -0.1) is 0 Å². The van der Waals surface area contributed by atoms with E-state index in [9.17, 15) is 14.7 Å². The van der Waals surface area contributed by atoms with Crippen molar-refractivity contribution in [2.75, 3.05) is 6.54 Å². The molecule has 1 saturated heterocycles. The zero-order valence-corrected chi connectivity index (χ0v) is 11.8. The fourth-order valence-electron chi connectivity index (χ4n) is 2.50. The van der Waals surface area contributed by atoms with E-state index in [2.05, 4.69) is 0 Å². The highest BCUT2D eigenvalue weighted by molar-refractivity contribution is 5.97. The second kappa shape index (κ2) is 5.25. The Morgan fingerprint density at radius 2 is 2.10 bits per heavy atom. The van der Waals surface area contributed by atoms with E-state index in [-0.39, 0.29) is 5.91 Å². The van der Waals surface area contributed by atoms with Gasteiger partial charge in [0.1, 0.15) is 6.04 Å². The number of benzene rings is 1. The largest absolute Gasteiger partial charge is 0.386 e. The van der Waals surface area contributed by atoms with Crippen molar-refractivity contribution in [3.05, 3.63) is 35.4 Å². The van der Waals surface area contributed by atoms with E-state index >= 15 is 0 Å². The van der Waals surface area contributed by atoms with Gasteiger partial charge in [0, 0.05) is 12.1 Å². The van der Waals surface area contributed by atoms with Crippen molar-refractivity contribution < 1.29 is 14.7 Å². The SMILES string of the molecule is CC(C)(O)c1cccc(C(=O)N2CCC[C@@H]2C(N)=O)c1. The molecule has 2 amide bonds. The average molecular weight is 276 g/mol. The van der Waals surface area contributed by atoms with E-state index in [1.54, 1.807) is 38.1 Å². The Hall–Kier alpha value is -1.88. The second-order valence-corrected chi connectivity index (χ2v) is 5.70. The first-order valence-electron chi connectivity index (χ1n) is 6.74. The van der Waals surface area contributed by atoms with Crippen LogP contribution in [0.25, 0.3) is 0 Å². The number of amides is 2. The molecule has 3 N–H and O–H groups in total. The molecule has 108 valence electrons. The number of nitrogens with zero attached hydrogens (tertiary/aromatic N) is 1. The van der Waals surface area contributed by atoms with Crippen molar-refractivity contribution in [2.24, 2.45) is 5.73 Å². The van der Waals surface area contributed by atoms with Gasteiger partial charge in [0.05, 0.1) is 5.60 Å². The van der Waals surface area contributed by atoms with Crippen LogP contribution in [0.1, 0.15) is 42.6 Å². The predicted octanol–water partition coefficient (Wildman–Crippen LogP) is 1.00. The molecule has 0 aromatic heterocycles. The molecule has 0 aliphatic carbocycles. The molecule has 5 heteroatoms. The van der Waals surface area contributed by atoms with E-state index in [4.69, 9.17) is 5.73 Å². The summed E-state index contributed by atoms with van der Waals surface area (Å²) in [7, 11) is 0. The number of hydrogen-bond donors (Lipinski definition) is 2. The lowest BCUT2D eigenvalue weighted by atomic mass is 9.96. The van der Waals surface area contributed by atoms with Crippen LogP contribution in [0.3, 0.4) is 0 Å². The number of carbonyl (C=O) groups is 2. The lowest BCUT2D eigenvalue weighted by Crippen LogP contribution is -2.43. The van der Waals surface area contributed by atoms with Crippen LogP contribution in [0, 0.1) is 0 Å². The first kappa shape index (κ1) is 14.5. The maximum atomic E-state index is 12.5. The minimum atomic E-state index is -1.01. The first-order valence-corrected chi connectivity index (χ1v) is 6.74. The van der Waals surface area contributed by atoms with E-state index in [0.29, 0.717) is 24.1 Å². The lowest BCUT2D eigenvalue weighted by Gasteiger charge is -2.23. The second-order valence-electron chi connectivity index (χ2n) is 5.70. The molecule has 1 fully saturated rings. The number of likely N-dealkylation sites (tertiary alicyclic amines) is 1. The van der Waals surface area contributed by atoms with Gasteiger partial charge < -0.3 is 15.7 Å². The summed E-state index contributed by atoms with van der Waals surface area (Å²) in [4.78, 5) is 25.4. The summed E-state index contributed by atoms with van der Waals surface area (Å²) in [6, 6.07) is 6.34. The normalized spacial score (nSPS) is 19.1. The quantitative estimate of drug-likeness (QED) is 0.864. The van der Waals surface area contributed by atoms with Gasteiger partial charge in [-0.1, -0.05) is 12.1 Å². The average Bonchev–Trinajstić information content (AvgIpc) is 2.86. The van der Waals surface area contributed by atoms with Crippen molar-refractivity contribution in [3.63, 3.8) is 0 Å². The number of hydrogen-bond acceptors (Lipinski definition) is 3. The molecule has 0 spiro atoms. The van der Waals surface area contributed by atoms with Crippen LogP contribution in [0.4, 0.5) is 0 Å². The Kier molecular flexibility index (Phi) is 3.81. The van der Waals surface area contributed by atoms with Gasteiger partial charge in [-0.3, -0.25) is 9.59 Å². The van der Waals surface area contributed by atoms with E-state index in [1.807, 2.05) is 0 Å². The highest BCUT2D eigenvalue weighted by Crippen LogP contribution is 2.24. The van der Waals surface area contributed by atoms with Crippen LogP contribution in [0.5, 0.6) is 0 Å². The molecule has 0 bridgehead atoms. The first-order chi connectivity index (χ1) is 9.30. The monoisotopic (exact) mass is 276 g/mol. The van der Waals surface area contributed by atoms with Crippen molar-refractivity contribution in [2.45, 2.75) is 38.3 Å². The maximum absolute atomic E-state index is 12.5. The minimum absolute atomic E-state index is 0.211. The summed E-state index contributed by atoms with van der Waals surface area (Å²) in [6.07, 6.45) is 1.40. The molecule has 20 heavy (non-hydrogen) atoms. The molecule has 1 aliphatic rings. The number of rotatable bonds is 3. The third-order valence-electron chi connectivity index (χ3n) is 3.66. The number of carbonyl (C=O) groups excluding carboxylic acids is 2. The van der Waals surface area contributed by atoms with Crippen LogP contribution >= 0.6 is 0 Å². The van der Waals surface area contributed by atoms with Gasteiger partial charge in [0.2, 0.25) is 5.91 Å². The fourth-order valence-corrected chi connectivity index (χ4v) is 2.50. The molecule has 1 aromatic rings. The molecule has 1 atom stereocenters. The highest BCUT2D eigenvalue weighted by Gasteiger charge is 2.33. The van der Waals surface area contributed by atoms with Crippen LogP contribution < -0.4 is 5.73 Å². The molecule has 5 nitrogen and oxygen atoms in total. The van der Waals surface area contributed by atoms with Crippen LogP contribution in [-0.4, -0.2) is 34.4 Å². The Labute approximate surface area is 118 Å². The molecular formula is C15H20N2O3. The van der Waals surface area contributed by atoms with Gasteiger partial charge in [-0.25, -0.2) is 0 Å². The van der Waals surface area contributed by atoms with Crippen LogP contribution in [0.2, 0.25) is 0 Å². The van der Waals surface area contributed by atoms with Crippen LogP contribution in [-0.2, 0) is 10.4 Å². The van der Waals surface area contributed by atoms with Crippen molar-refractivity contribution in [1.29, 1.82) is 0 Å². The van der Waals surface area contributed by atoms with Crippen molar-refractivity contribution in [3.8, 4) is 0 Å². The number of nitrogens with two attached hydrogens (primary N) is 1. The van der Waals surface area contributed by atoms with Crippen molar-refractivity contribution in [1.82, 2.24) is 4.90 Å². The molecule has 0 unspecified atom stereocenters. The maximum Gasteiger partial charge on any atom is 0.254 e. The summed E-state index contributed by atoms with van der Waals surface area (Å²) < 4.78 is 0. The lowest BCUT2D eigenvalue weighted by molar-refractivity contribution is -0.121. The van der Waals surface area contributed by atoms with Crippen molar-refractivity contribution >= 4 is 11.8 Å². The molecule has 0 saturated carbocycles. The van der Waals surface area contributed by atoms with Gasteiger partial charge in [-0.05, 0) is 44.4 Å². The highest BCUT2D eigenvalue weighted by atomic mass is 16.3. The molecule has 2 rings (SSSR count). The molecular weight excluding hydrogens is 256 g/mol. The third kappa shape index (κ3) is 2.82. The molecule has 1 aliphatic heterocycles. The zero-order valence-electron chi connectivity index (χ0n) is 11.8. The van der Waals surface area contributed by atoms with Crippen LogP contribution in [0.15, 0.2) is 24.3 Å². The Balaban J connectivity index is 2.28. The Morgan fingerprint density at radius 1 is 1.40 bits per heavy atom. The number of aliphatic hydroxyl groups is 1. The van der Waals surface area contributed by atoms with Gasteiger partial charge in [0.25, 0.3) is 5.91 Å². The van der Waals surface area contributed by atoms with Gasteiger partial charge in [-0.2, -0.15) is 0 Å². The topological polar surface area (TPSA) is 83.6 Å². The third-order valence-corrected chi connectivity index (χ3v) is 3.66. The molecule has 0 radical (unpaired) electrons. The van der Waals surface area contributed by atoms with Gasteiger partial charge in [0.15, 0.2) is 0 Å². The summed E-state index contributed by atoms with van der Waals surface area (Å²) in [5, 5.41) is 10.0.